The molecule has 2 saturated heterocycles. The lowest BCUT2D eigenvalue weighted by atomic mass is 9.85. The largest absolute Gasteiger partial charge is 0.481 e. The SMILES string of the molecule is CCc1c2c(nc3ccccc13)-c1cc3c(c(=O)n1C2)COC(=O)[C@@]3(CC)OC(=O)[C@@H](NC(=O)[C@@H]1CCCN1C(=O)[C@H](CC(=O)O)NC(=O)CCOCCOCCOCCNC(=O)CC[C@H](NC(=O)CCOCCOCCOCCN)C(=O)NCCOCCOCCOCCC(=O)N[C@@H](CC(=O)O)C(=O)N1CCC[C@H]1C(=O)N[C@H](C(=O)O[C@]1(CC)C(=O)OCc2c1cc1n(c2=O)Cc2c-1nc1ccccc1c2CC)C(C)C)C(C)C. The predicted octanol–water partition coefficient (Wildman–Crippen LogP) is 2.36. The minimum absolute atomic E-state index is 0.00688. The molecule has 0 radical (unpaired) electrons. The van der Waals surface area contributed by atoms with Gasteiger partial charge in [-0.05, 0) is 105 Å². The number of fused-ring (bicyclic) bond motifs is 10. The number of nitrogens with zero attached hydrogens (tertiary/aromatic N) is 6. The summed E-state index contributed by atoms with van der Waals surface area (Å²) in [7, 11) is 0. The highest BCUT2D eigenvalue weighted by Crippen LogP contribution is 2.46. The average molecular weight is 2100 g/mol. The first-order valence-corrected chi connectivity index (χ1v) is 51.4. The van der Waals surface area contributed by atoms with Gasteiger partial charge in [0.2, 0.25) is 64.4 Å². The summed E-state index contributed by atoms with van der Waals surface area (Å²) in [6.45, 7) is 15.9. The lowest BCUT2D eigenvalue weighted by molar-refractivity contribution is -0.191. The van der Waals surface area contributed by atoms with Gasteiger partial charge in [-0.2, -0.15) is 0 Å². The number of aromatic nitrogens is 4. The Kier molecular flexibility index (Phi) is 42.8. The highest BCUT2D eigenvalue weighted by Gasteiger charge is 2.55. The van der Waals surface area contributed by atoms with Crippen LogP contribution in [0.1, 0.15) is 183 Å². The lowest BCUT2D eigenvalue weighted by Gasteiger charge is -2.37. The number of carbonyl (C=O) groups is 15. The predicted molar refractivity (Wildman–Crippen MR) is 534 cm³/mol. The first kappa shape index (κ1) is 115. The van der Waals surface area contributed by atoms with Crippen LogP contribution in [0.15, 0.2) is 70.3 Å². The van der Waals surface area contributed by atoms with Crippen LogP contribution in [0.25, 0.3) is 44.6 Å². The molecule has 12 rings (SSSR count). The van der Waals surface area contributed by atoms with E-state index in [4.69, 9.17) is 77.3 Å². The molecule has 6 aliphatic heterocycles. The number of carboxylic acid groups (broad SMARTS) is 2. The fourth-order valence-electron chi connectivity index (χ4n) is 19.3. The molecule has 0 saturated carbocycles. The summed E-state index contributed by atoms with van der Waals surface area (Å²) in [5.74, 6) is -14.2. The maximum atomic E-state index is 14.5. The summed E-state index contributed by atoms with van der Waals surface area (Å²) < 4.78 is 76.5. The highest BCUT2D eigenvalue weighted by atomic mass is 16.6. The Morgan fingerprint density at radius 2 is 0.807 bits per heavy atom. The zero-order chi connectivity index (χ0) is 108. The Morgan fingerprint density at radius 3 is 1.17 bits per heavy atom. The molecule has 0 bridgehead atoms. The van der Waals surface area contributed by atoms with Gasteiger partial charge in [0.15, 0.2) is 0 Å². The van der Waals surface area contributed by atoms with Crippen LogP contribution >= 0.6 is 0 Å². The van der Waals surface area contributed by atoms with Gasteiger partial charge in [0.1, 0.15) is 55.5 Å². The van der Waals surface area contributed by atoms with E-state index in [9.17, 15) is 91.7 Å². The number of likely N-dealkylation sites (tertiary alicyclic amines) is 2. The van der Waals surface area contributed by atoms with E-state index in [1.807, 2.05) is 62.4 Å². The second-order valence-electron chi connectivity index (χ2n) is 37.7. The molecule has 816 valence electrons. The van der Waals surface area contributed by atoms with Crippen LogP contribution in [0.2, 0.25) is 0 Å². The van der Waals surface area contributed by atoms with Crippen LogP contribution in [-0.4, -0.2) is 322 Å². The number of aliphatic carboxylic acids is 2. The van der Waals surface area contributed by atoms with Gasteiger partial charge in [0, 0.05) is 91.4 Å². The summed E-state index contributed by atoms with van der Waals surface area (Å²) in [6, 6.07) is 9.07. The van der Waals surface area contributed by atoms with Crippen molar-refractivity contribution >= 4 is 111 Å². The zero-order valence-electron chi connectivity index (χ0n) is 86.1. The molecule has 46 nitrogen and oxygen atoms in total. The second-order valence-corrected chi connectivity index (χ2v) is 37.7. The third-order valence-corrected chi connectivity index (χ3v) is 27.1. The quantitative estimate of drug-likeness (QED) is 0.0149. The molecule has 6 aromatic rings. The molecule has 0 spiro atoms. The first-order valence-electron chi connectivity index (χ1n) is 51.4. The van der Waals surface area contributed by atoms with Crippen molar-refractivity contribution in [2.24, 2.45) is 17.6 Å². The summed E-state index contributed by atoms with van der Waals surface area (Å²) in [5.41, 5.74) is 8.11. The molecule has 4 aromatic heterocycles. The Labute approximate surface area is 865 Å². The van der Waals surface area contributed by atoms with E-state index in [0.29, 0.717) is 74.8 Å². The Hall–Kier alpha value is -13.2. The number of rotatable bonds is 62. The standard InChI is InChI=1S/C104H138N14O32/c1-9-63-65-19-13-15-21-73(65)111-90-67(63)57-117-80(90)53-71-69(95(117)130)59-147-101(136)103(71,11-3)149-99(134)88(61(5)6)113-93(128)78-23-17-33-115(78)97(132)76(55-86(123)124)109-84(121)28-36-139-42-48-145-51-45-142-39-31-106-82(119)26-25-75(108-83(120)27-35-138-41-47-144-50-44-141-38-30-105)92(127)107-32-40-143-46-52-146-49-43-140-37-29-85(122)110-77(56-87(125)126)98(133)116-34-18-24-79(116)94(129)114-89(62(7)8)100(135)150-104(12-4)72-54-81-91-68(58-118(81)96(131)70(72)60-148-102(104)137)64(10-2)66-20-14-16-22-74(66)112-91/h13-16,19-22,53-54,61-62,75-79,88-89H,9-12,17-18,23-52,55-60,105H2,1-8H3,(H,106,119)(H,107,127)(H,108,120)(H,109,121)(H,110,122)(H,113,128)(H,114,129)(H,123,124)(H,125,126)/t75-,76-,77-,78-,79-,88-,89-,103-,104-/m0/s1. The maximum absolute atomic E-state index is 14.5. The van der Waals surface area contributed by atoms with E-state index in [1.165, 1.54) is 0 Å². The average Bonchev–Trinajstić information content (AvgIpc) is 1.53. The third-order valence-electron chi connectivity index (χ3n) is 27.1. The van der Waals surface area contributed by atoms with Crippen molar-refractivity contribution in [3.63, 3.8) is 0 Å². The number of hydrogen-bond acceptors (Lipinski definition) is 33. The van der Waals surface area contributed by atoms with Gasteiger partial charge in [-0.3, -0.25) is 62.3 Å². The topological polar surface area (TPSA) is 603 Å². The van der Waals surface area contributed by atoms with Crippen molar-refractivity contribution in [2.75, 3.05) is 152 Å². The summed E-state index contributed by atoms with van der Waals surface area (Å²) in [6.07, 6.45) is -0.737. The van der Waals surface area contributed by atoms with Crippen molar-refractivity contribution in [2.45, 2.75) is 232 Å². The summed E-state index contributed by atoms with van der Waals surface area (Å²) >= 11 is 0. The van der Waals surface area contributed by atoms with E-state index in [2.05, 4.69) is 37.2 Å². The number of nitrogens with two attached hydrogens (primary N) is 1. The number of pyridine rings is 4. The molecule has 2 fully saturated rings. The van der Waals surface area contributed by atoms with Crippen LogP contribution in [0.5, 0.6) is 0 Å². The number of carboxylic acids is 2. The number of cyclic esters (lactones) is 2. The van der Waals surface area contributed by atoms with Crippen molar-refractivity contribution in [3.8, 4) is 22.8 Å². The number of carbonyl (C=O) groups excluding carboxylic acids is 13. The van der Waals surface area contributed by atoms with E-state index < -0.39 is 178 Å². The number of benzene rings is 2. The lowest BCUT2D eigenvalue weighted by Crippen LogP contribution is -2.57. The molecule has 9 atom stereocenters. The Morgan fingerprint density at radius 1 is 0.447 bits per heavy atom. The number of esters is 4. The number of hydrogen-bond donors (Lipinski definition) is 10. The number of amides is 9. The van der Waals surface area contributed by atoms with E-state index in [1.54, 1.807) is 62.8 Å². The molecule has 150 heavy (non-hydrogen) atoms. The molecular weight excluding hydrogens is 1960 g/mol. The molecule has 6 aliphatic rings. The van der Waals surface area contributed by atoms with Gasteiger partial charge in [0.05, 0.1) is 190 Å². The molecule has 0 unspecified atom stereocenters. The second kappa shape index (κ2) is 55.5. The molecule has 2 aromatic carbocycles. The molecule has 0 aliphatic carbocycles. The Balaban J connectivity index is 0.513. The molecule has 10 heterocycles. The minimum atomic E-state index is -2.11. The van der Waals surface area contributed by atoms with Crippen LogP contribution in [0, 0.1) is 11.8 Å². The minimum Gasteiger partial charge on any atom is -0.481 e. The molecule has 46 heteroatoms. The fourth-order valence-corrected chi connectivity index (χ4v) is 19.3. The van der Waals surface area contributed by atoms with Gasteiger partial charge < -0.3 is 134 Å². The highest BCUT2D eigenvalue weighted by molar-refractivity contribution is 6.00. The van der Waals surface area contributed by atoms with Crippen molar-refractivity contribution in [1.29, 1.82) is 0 Å². The number of ether oxygens (including phenoxy) is 13. The van der Waals surface area contributed by atoms with Crippen molar-refractivity contribution in [1.82, 2.24) is 66.1 Å². The third kappa shape index (κ3) is 28.7. The number of para-hydroxylation sites is 2. The molecule has 9 amide bonds. The van der Waals surface area contributed by atoms with Gasteiger partial charge in [-0.15, -0.1) is 0 Å². The first-order chi connectivity index (χ1) is 72.2. The molecular formula is C104H138N14O32. The summed E-state index contributed by atoms with van der Waals surface area (Å²) in [5, 5.41) is 40.1. The van der Waals surface area contributed by atoms with E-state index in [-0.39, 0.29) is 232 Å². The van der Waals surface area contributed by atoms with Crippen LogP contribution in [0.4, 0.5) is 0 Å². The van der Waals surface area contributed by atoms with E-state index in [0.717, 1.165) is 53.9 Å². The van der Waals surface area contributed by atoms with Crippen LogP contribution in [0.3, 0.4) is 0 Å². The Bertz CT molecular complexity index is 6010. The monoisotopic (exact) mass is 2090 g/mol. The van der Waals surface area contributed by atoms with Gasteiger partial charge in [0.25, 0.3) is 11.1 Å². The van der Waals surface area contributed by atoms with Crippen LogP contribution in [-0.2, 0) is 184 Å². The van der Waals surface area contributed by atoms with Crippen LogP contribution < -0.4 is 54.1 Å². The zero-order valence-corrected chi connectivity index (χ0v) is 86.1. The smallest absolute Gasteiger partial charge is 0.355 e. The fraction of sp³-hybridized carbons (Fsp3) is 0.587. The normalized spacial score (nSPS) is 17.7. The van der Waals surface area contributed by atoms with E-state index >= 15 is 0 Å². The number of nitrogens with one attached hydrogen (secondary N) is 7. The molecule has 11 N–H and O–H groups in total. The number of aryl methyl sites for hydroxylation is 2. The summed E-state index contributed by atoms with van der Waals surface area (Å²) in [4.78, 5) is 246. The van der Waals surface area contributed by atoms with Gasteiger partial charge in [-0.1, -0.05) is 91.8 Å². The van der Waals surface area contributed by atoms with Crippen molar-refractivity contribution in [3.05, 3.63) is 126 Å². The van der Waals surface area contributed by atoms with Crippen molar-refractivity contribution < 1.29 is 144 Å². The van der Waals surface area contributed by atoms with Gasteiger partial charge >= 0.3 is 35.8 Å². The maximum Gasteiger partial charge on any atom is 0.355 e. The van der Waals surface area contributed by atoms with Gasteiger partial charge in [-0.25, -0.2) is 29.1 Å².